The summed E-state index contributed by atoms with van der Waals surface area (Å²) in [6.45, 7) is 2.34. The van der Waals surface area contributed by atoms with E-state index in [1.807, 2.05) is 0 Å². The van der Waals surface area contributed by atoms with Crippen molar-refractivity contribution >= 4 is 34.8 Å². The molecule has 0 radical (unpaired) electrons. The normalized spacial score (nSPS) is 10.4. The Labute approximate surface area is 148 Å². The van der Waals surface area contributed by atoms with Crippen molar-refractivity contribution in [1.82, 2.24) is 10.3 Å². The third-order valence-corrected chi connectivity index (χ3v) is 4.46. The number of carbonyl (C=O) groups excluding carboxylic acids is 1. The average molecular weight is 369 g/mol. The molecular formula is C16H17ClN2O4S. The molecule has 0 bridgehead atoms. The number of rotatable bonds is 8. The van der Waals surface area contributed by atoms with Crippen molar-refractivity contribution in [2.24, 2.45) is 0 Å². The number of ether oxygens (including phenoxy) is 1. The van der Waals surface area contributed by atoms with Crippen LogP contribution in [0.1, 0.15) is 33.2 Å². The first-order chi connectivity index (χ1) is 11.5. The molecule has 1 amide bonds. The maximum absolute atomic E-state index is 12.1. The van der Waals surface area contributed by atoms with Crippen molar-refractivity contribution in [1.29, 1.82) is 0 Å². The molecule has 1 heterocycles. The minimum Gasteiger partial charge on any atom is -0.486 e. The molecule has 0 atom stereocenters. The summed E-state index contributed by atoms with van der Waals surface area (Å²) < 4.78 is 5.61. The van der Waals surface area contributed by atoms with Crippen LogP contribution >= 0.6 is 22.9 Å². The smallest absolute Gasteiger partial charge is 0.303 e. The van der Waals surface area contributed by atoms with Gasteiger partial charge in [0.1, 0.15) is 22.2 Å². The van der Waals surface area contributed by atoms with Crippen LogP contribution in [0.15, 0.2) is 24.3 Å². The second-order valence-corrected chi connectivity index (χ2v) is 6.54. The average Bonchev–Trinajstić information content (AvgIpc) is 2.92. The molecule has 0 aliphatic carbocycles. The van der Waals surface area contributed by atoms with Gasteiger partial charge in [0.05, 0.1) is 5.69 Å². The Morgan fingerprint density at radius 1 is 1.33 bits per heavy atom. The second-order valence-electron chi connectivity index (χ2n) is 5.02. The highest BCUT2D eigenvalue weighted by molar-refractivity contribution is 7.13. The van der Waals surface area contributed by atoms with Gasteiger partial charge in [0.15, 0.2) is 0 Å². The van der Waals surface area contributed by atoms with Gasteiger partial charge in [0.2, 0.25) is 0 Å². The van der Waals surface area contributed by atoms with Crippen molar-refractivity contribution in [3.8, 4) is 5.75 Å². The number of nitrogens with zero attached hydrogens (tertiary/aromatic N) is 1. The molecule has 6 nitrogen and oxygen atoms in total. The van der Waals surface area contributed by atoms with Gasteiger partial charge in [-0.15, -0.1) is 11.3 Å². The first kappa shape index (κ1) is 18.2. The number of hydrogen-bond acceptors (Lipinski definition) is 5. The number of amides is 1. The van der Waals surface area contributed by atoms with Crippen molar-refractivity contribution in [2.75, 3.05) is 6.54 Å². The first-order valence-corrected chi connectivity index (χ1v) is 8.50. The van der Waals surface area contributed by atoms with E-state index in [0.717, 1.165) is 0 Å². The van der Waals surface area contributed by atoms with E-state index >= 15 is 0 Å². The molecule has 128 valence electrons. The number of carbonyl (C=O) groups is 2. The van der Waals surface area contributed by atoms with Gasteiger partial charge in [-0.2, -0.15) is 0 Å². The highest BCUT2D eigenvalue weighted by Crippen LogP contribution is 2.21. The molecule has 0 spiro atoms. The third kappa shape index (κ3) is 5.50. The fourth-order valence-corrected chi connectivity index (χ4v) is 2.94. The van der Waals surface area contributed by atoms with Crippen LogP contribution in [0.4, 0.5) is 0 Å². The topological polar surface area (TPSA) is 88.5 Å². The van der Waals surface area contributed by atoms with Crippen molar-refractivity contribution in [3.63, 3.8) is 0 Å². The molecule has 0 aliphatic rings. The molecule has 2 N–H and O–H groups in total. The molecule has 8 heteroatoms. The summed E-state index contributed by atoms with van der Waals surface area (Å²) in [5.41, 5.74) is 0.630. The number of benzene rings is 1. The van der Waals surface area contributed by atoms with Crippen LogP contribution < -0.4 is 10.1 Å². The number of halogens is 1. The maximum Gasteiger partial charge on any atom is 0.303 e. The van der Waals surface area contributed by atoms with Crippen LogP contribution in [0, 0.1) is 6.92 Å². The highest BCUT2D eigenvalue weighted by atomic mass is 35.5. The predicted molar refractivity (Wildman–Crippen MR) is 91.8 cm³/mol. The number of aromatic nitrogens is 1. The Kier molecular flexibility index (Phi) is 6.57. The van der Waals surface area contributed by atoms with Crippen molar-refractivity contribution in [2.45, 2.75) is 26.4 Å². The molecular weight excluding hydrogens is 352 g/mol. The molecule has 0 unspecified atom stereocenters. The fourth-order valence-electron chi connectivity index (χ4n) is 1.92. The number of aryl methyl sites for hydroxylation is 1. The summed E-state index contributed by atoms with van der Waals surface area (Å²) in [5.74, 6) is -0.445. The molecule has 0 aliphatic heterocycles. The number of hydrogen-bond donors (Lipinski definition) is 2. The van der Waals surface area contributed by atoms with Gasteiger partial charge in [-0.05, 0) is 37.6 Å². The number of nitrogens with one attached hydrogen (secondary N) is 1. The zero-order chi connectivity index (χ0) is 17.5. The lowest BCUT2D eigenvalue weighted by atomic mass is 10.3. The summed E-state index contributed by atoms with van der Waals surface area (Å²) in [5, 5.41) is 12.6. The van der Waals surface area contributed by atoms with Crippen LogP contribution in [-0.2, 0) is 11.4 Å². The Morgan fingerprint density at radius 2 is 2.04 bits per heavy atom. The molecule has 2 aromatic rings. The lowest BCUT2D eigenvalue weighted by Crippen LogP contribution is -2.24. The summed E-state index contributed by atoms with van der Waals surface area (Å²) in [6, 6.07) is 7.00. The zero-order valence-electron chi connectivity index (χ0n) is 13.0. The molecule has 0 fully saturated rings. The number of carboxylic acid groups (broad SMARTS) is 1. The van der Waals surface area contributed by atoms with E-state index in [-0.39, 0.29) is 18.9 Å². The lowest BCUT2D eigenvalue weighted by molar-refractivity contribution is -0.137. The zero-order valence-corrected chi connectivity index (χ0v) is 14.6. The Hall–Kier alpha value is -2.12. The summed E-state index contributed by atoms with van der Waals surface area (Å²) >= 11 is 7.08. The van der Waals surface area contributed by atoms with Crippen molar-refractivity contribution in [3.05, 3.63) is 44.9 Å². The van der Waals surface area contributed by atoms with Gasteiger partial charge in [-0.25, -0.2) is 4.98 Å². The van der Waals surface area contributed by atoms with Crippen LogP contribution in [0.2, 0.25) is 5.02 Å². The summed E-state index contributed by atoms with van der Waals surface area (Å²) in [4.78, 5) is 27.4. The third-order valence-electron chi connectivity index (χ3n) is 3.08. The minimum atomic E-state index is -0.875. The molecule has 1 aromatic carbocycles. The van der Waals surface area contributed by atoms with E-state index in [2.05, 4.69) is 10.3 Å². The second kappa shape index (κ2) is 8.65. The molecule has 1 aromatic heterocycles. The van der Waals surface area contributed by atoms with Gasteiger partial charge in [-0.3, -0.25) is 9.59 Å². The van der Waals surface area contributed by atoms with E-state index < -0.39 is 5.97 Å². The van der Waals surface area contributed by atoms with Crippen molar-refractivity contribution < 1.29 is 19.4 Å². The van der Waals surface area contributed by atoms with E-state index in [1.165, 1.54) is 11.3 Å². The molecule has 2 rings (SSSR count). The quantitative estimate of drug-likeness (QED) is 0.698. The number of aliphatic carboxylic acids is 1. The monoisotopic (exact) mass is 368 g/mol. The Balaban J connectivity index is 1.88. The SMILES string of the molecule is Cc1nc(COc2ccc(Cl)cc2)sc1C(=O)NCCCC(=O)O. The standard InChI is InChI=1S/C16H17ClN2O4S/c1-10-15(16(22)18-8-2-3-14(20)21)24-13(19-10)9-23-12-6-4-11(17)5-7-12/h4-7H,2-3,8-9H2,1H3,(H,18,22)(H,20,21). The fraction of sp³-hybridized carbons (Fsp3) is 0.312. The van der Waals surface area contributed by atoms with Gasteiger partial charge in [0.25, 0.3) is 5.91 Å². The summed E-state index contributed by atoms with van der Waals surface area (Å²) in [6.07, 6.45) is 0.424. The first-order valence-electron chi connectivity index (χ1n) is 7.30. The van der Waals surface area contributed by atoms with Crippen LogP contribution in [0.3, 0.4) is 0 Å². The van der Waals surface area contributed by atoms with Gasteiger partial charge < -0.3 is 15.2 Å². The molecule has 0 saturated heterocycles. The summed E-state index contributed by atoms with van der Waals surface area (Å²) in [7, 11) is 0. The van der Waals surface area contributed by atoms with Crippen LogP contribution in [-0.4, -0.2) is 28.5 Å². The van der Waals surface area contributed by atoms with E-state index in [0.29, 0.717) is 39.3 Å². The van der Waals surface area contributed by atoms with E-state index in [1.54, 1.807) is 31.2 Å². The van der Waals surface area contributed by atoms with E-state index in [4.69, 9.17) is 21.4 Å². The highest BCUT2D eigenvalue weighted by Gasteiger charge is 2.15. The largest absolute Gasteiger partial charge is 0.486 e. The number of carboxylic acids is 1. The van der Waals surface area contributed by atoms with Crippen LogP contribution in [0.25, 0.3) is 0 Å². The maximum atomic E-state index is 12.1. The van der Waals surface area contributed by atoms with Gasteiger partial charge in [-0.1, -0.05) is 11.6 Å². The van der Waals surface area contributed by atoms with E-state index in [9.17, 15) is 9.59 Å². The predicted octanol–water partition coefficient (Wildman–Crippen LogP) is 3.28. The van der Waals surface area contributed by atoms with Gasteiger partial charge >= 0.3 is 5.97 Å². The minimum absolute atomic E-state index is 0.0299. The molecule has 0 saturated carbocycles. The Morgan fingerprint density at radius 3 is 2.71 bits per heavy atom. The van der Waals surface area contributed by atoms with Gasteiger partial charge in [0, 0.05) is 18.0 Å². The number of thiazole rings is 1. The molecule has 24 heavy (non-hydrogen) atoms. The Bertz CT molecular complexity index is 715. The van der Waals surface area contributed by atoms with Crippen LogP contribution in [0.5, 0.6) is 5.75 Å². The lowest BCUT2D eigenvalue weighted by Gasteiger charge is -2.03.